The number of nitrogens with one attached hydrogen (secondary N) is 1. The van der Waals surface area contributed by atoms with Gasteiger partial charge in [-0.25, -0.2) is 0 Å². The predicted molar refractivity (Wildman–Crippen MR) is 231 cm³/mol. The van der Waals surface area contributed by atoms with Gasteiger partial charge >= 0.3 is 11.9 Å². The molecular formula is C43H57N5O15. The van der Waals surface area contributed by atoms with Gasteiger partial charge in [-0.1, -0.05) is 36.4 Å². The van der Waals surface area contributed by atoms with Crippen LogP contribution in [0.15, 0.2) is 97.1 Å². The summed E-state index contributed by atoms with van der Waals surface area (Å²) < 4.78 is 0. The van der Waals surface area contributed by atoms with Crippen LogP contribution < -0.4 is 28.3 Å². The van der Waals surface area contributed by atoms with E-state index in [0.717, 1.165) is 11.1 Å². The second-order valence-corrected chi connectivity index (χ2v) is 13.5. The highest BCUT2D eigenvalue weighted by Crippen LogP contribution is 2.29. The zero-order chi connectivity index (χ0) is 47.8. The number of carboxylic acid groups (broad SMARTS) is 2. The third-order valence-corrected chi connectivity index (χ3v) is 8.38. The second kappa shape index (κ2) is 27.7. The predicted octanol–water partition coefficient (Wildman–Crippen LogP) is 1.44. The van der Waals surface area contributed by atoms with Crippen LogP contribution in [0, 0.1) is 0 Å². The molecule has 344 valence electrons. The molecule has 0 saturated heterocycles. The summed E-state index contributed by atoms with van der Waals surface area (Å²) >= 11 is 0. The molecule has 0 aliphatic carbocycles. The summed E-state index contributed by atoms with van der Waals surface area (Å²) in [6.07, 6.45) is -0.361. The first-order valence-electron chi connectivity index (χ1n) is 18.8. The van der Waals surface area contributed by atoms with E-state index in [1.807, 2.05) is 0 Å². The first-order valence-corrected chi connectivity index (χ1v) is 18.8. The van der Waals surface area contributed by atoms with Crippen LogP contribution in [-0.4, -0.2) is 117 Å². The highest BCUT2D eigenvalue weighted by Gasteiger charge is 2.14. The fourth-order valence-corrected chi connectivity index (χ4v) is 4.84. The number of carbonyl (C=O) groups is 2. The van der Waals surface area contributed by atoms with Gasteiger partial charge in [0.05, 0.1) is 12.2 Å². The quantitative estimate of drug-likeness (QED) is 0.0744. The lowest BCUT2D eigenvalue weighted by atomic mass is 10.1. The molecule has 0 bridgehead atoms. The Morgan fingerprint density at radius 3 is 1.25 bits per heavy atom. The molecule has 0 unspecified atom stereocenters. The molecule has 0 spiro atoms. The summed E-state index contributed by atoms with van der Waals surface area (Å²) in [6, 6.07) is 21.6. The third-order valence-electron chi connectivity index (χ3n) is 8.38. The maximum atomic E-state index is 10.4. The number of benzene rings is 5. The molecule has 0 heterocycles. The van der Waals surface area contributed by atoms with Crippen molar-refractivity contribution in [2.45, 2.75) is 43.6 Å². The fourth-order valence-electron chi connectivity index (χ4n) is 4.84. The van der Waals surface area contributed by atoms with Crippen LogP contribution >= 0.6 is 0 Å². The van der Waals surface area contributed by atoms with E-state index < -0.39 is 36.2 Å². The lowest BCUT2D eigenvalue weighted by Gasteiger charge is -2.10. The molecule has 0 amide bonds. The summed E-state index contributed by atoms with van der Waals surface area (Å²) in [7, 11) is 1.73. The van der Waals surface area contributed by atoms with Crippen LogP contribution in [-0.2, 0) is 28.9 Å². The lowest BCUT2D eigenvalue weighted by molar-refractivity contribution is -0.139. The number of aromatic hydroxyl groups is 9. The zero-order valence-corrected chi connectivity index (χ0v) is 34.2. The highest BCUT2D eigenvalue weighted by molar-refractivity contribution is 5.74. The number of phenols is 9. The standard InChI is InChI=1S/C9H11NO4.C9H13NO3.C9H11NO3.C8H11NO3.C8H11NO2/c10-6(9(13)14)3-5-1-2-7(11)8(12)4-5;1-10-5-9(13)6-2-3-7(11)8(12)4-6;10-8(9(12)13)5-6-1-3-7(11)4-2-6;9-4-8(12)5-1-2-6(10)7(11)3-5;9-4-3-6-1-2-7(10)8(11)5-6/h1-2,4,6,11-12H,3,10H2,(H,13,14);2-4,9-13H,5H2,1H3;1-4,8,11H,5,10H2,(H,12,13);1-3,8,10-12H,4,9H2;1-2,5,10-11H,3-4,9H2/t6-;9-;2*8-;/m0000./s1. The minimum absolute atomic E-state index is 0.0871. The van der Waals surface area contributed by atoms with Crippen LogP contribution in [0.1, 0.15) is 40.0 Å². The Kier molecular flexibility index (Phi) is 23.8. The van der Waals surface area contributed by atoms with E-state index >= 15 is 0 Å². The van der Waals surface area contributed by atoms with E-state index in [0.29, 0.717) is 36.2 Å². The Morgan fingerprint density at radius 2 is 0.873 bits per heavy atom. The Bertz CT molecular complexity index is 2160. The van der Waals surface area contributed by atoms with Gasteiger partial charge in [0.25, 0.3) is 0 Å². The molecule has 20 heteroatoms. The average molecular weight is 884 g/mol. The molecule has 0 fully saturated rings. The zero-order valence-electron chi connectivity index (χ0n) is 34.2. The van der Waals surface area contributed by atoms with Gasteiger partial charge in [-0.15, -0.1) is 0 Å². The van der Waals surface area contributed by atoms with Gasteiger partial charge in [0.2, 0.25) is 0 Å². The first-order chi connectivity index (χ1) is 29.6. The fraction of sp³-hybridized carbons (Fsp3) is 0.256. The number of aliphatic carboxylic acids is 2. The van der Waals surface area contributed by atoms with Crippen molar-refractivity contribution in [1.29, 1.82) is 0 Å². The molecule has 5 aromatic carbocycles. The Balaban J connectivity index is 0.000000395. The molecule has 20 nitrogen and oxygen atoms in total. The molecule has 63 heavy (non-hydrogen) atoms. The summed E-state index contributed by atoms with van der Waals surface area (Å²) in [5.74, 6) is -3.51. The molecule has 22 N–H and O–H groups in total. The number of likely N-dealkylation sites (N-methyl/N-ethyl adjacent to an activating group) is 1. The number of phenolic OH excluding ortho intramolecular Hbond substituents is 9. The SMILES string of the molecule is CNC[C@H](O)c1ccc(O)c(O)c1.NCCc1ccc(O)c(O)c1.NC[C@H](O)c1ccc(O)c(O)c1.N[C@@H](Cc1ccc(O)c(O)c1)C(=O)O.N[C@@H](Cc1ccc(O)cc1)C(=O)O. The number of carboxylic acids is 2. The van der Waals surface area contributed by atoms with Gasteiger partial charge < -0.3 is 94.6 Å². The molecule has 0 aromatic heterocycles. The molecule has 5 aromatic rings. The largest absolute Gasteiger partial charge is 0.508 e. The average Bonchev–Trinajstić information content (AvgIpc) is 3.24. The van der Waals surface area contributed by atoms with E-state index in [2.05, 4.69) is 5.32 Å². The van der Waals surface area contributed by atoms with Gasteiger partial charge in [-0.2, -0.15) is 0 Å². The molecule has 0 radical (unpaired) electrons. The molecule has 4 atom stereocenters. The van der Waals surface area contributed by atoms with Crippen molar-refractivity contribution >= 4 is 11.9 Å². The molecule has 0 aliphatic heterocycles. The van der Waals surface area contributed by atoms with Crippen molar-refractivity contribution in [2.24, 2.45) is 22.9 Å². The van der Waals surface area contributed by atoms with Crippen molar-refractivity contribution in [3.8, 4) is 51.7 Å². The smallest absolute Gasteiger partial charge is 0.320 e. The van der Waals surface area contributed by atoms with Crippen LogP contribution in [0.25, 0.3) is 0 Å². The van der Waals surface area contributed by atoms with Crippen LogP contribution in [0.4, 0.5) is 0 Å². The highest BCUT2D eigenvalue weighted by atomic mass is 16.4. The normalized spacial score (nSPS) is 12.1. The van der Waals surface area contributed by atoms with E-state index in [4.69, 9.17) is 79.1 Å². The van der Waals surface area contributed by atoms with Crippen LogP contribution in [0.2, 0.25) is 0 Å². The number of hydrogen-bond donors (Lipinski definition) is 18. The van der Waals surface area contributed by atoms with Crippen molar-refractivity contribution in [3.63, 3.8) is 0 Å². The lowest BCUT2D eigenvalue weighted by Crippen LogP contribution is -2.32. The number of hydrogen-bond acceptors (Lipinski definition) is 18. The minimum atomic E-state index is -1.10. The van der Waals surface area contributed by atoms with Crippen LogP contribution in [0.5, 0.6) is 51.7 Å². The minimum Gasteiger partial charge on any atom is -0.508 e. The van der Waals surface area contributed by atoms with Crippen molar-refractivity contribution in [2.75, 3.05) is 26.7 Å². The van der Waals surface area contributed by atoms with Gasteiger partial charge in [-0.05, 0) is 121 Å². The summed E-state index contributed by atoms with van der Waals surface area (Å²) in [6.45, 7) is 1.04. The van der Waals surface area contributed by atoms with E-state index in [1.54, 1.807) is 31.3 Å². The maximum absolute atomic E-state index is 10.4. The van der Waals surface area contributed by atoms with Crippen molar-refractivity contribution in [1.82, 2.24) is 5.32 Å². The maximum Gasteiger partial charge on any atom is 0.320 e. The molecule has 0 saturated carbocycles. The Hall–Kier alpha value is -7.04. The molecular weight excluding hydrogens is 826 g/mol. The third kappa shape index (κ3) is 20.4. The Labute approximate surface area is 362 Å². The van der Waals surface area contributed by atoms with Crippen LogP contribution in [0.3, 0.4) is 0 Å². The van der Waals surface area contributed by atoms with Gasteiger partial charge in [0.15, 0.2) is 46.0 Å². The number of rotatable bonds is 13. The van der Waals surface area contributed by atoms with Gasteiger partial charge in [0.1, 0.15) is 17.8 Å². The summed E-state index contributed by atoms with van der Waals surface area (Å²) in [5.41, 5.74) is 24.5. The number of aliphatic hydroxyl groups excluding tert-OH is 2. The summed E-state index contributed by atoms with van der Waals surface area (Å²) in [4.78, 5) is 20.8. The summed E-state index contributed by atoms with van der Waals surface area (Å²) in [5, 5.41) is 120. The Morgan fingerprint density at radius 1 is 0.508 bits per heavy atom. The second-order valence-electron chi connectivity index (χ2n) is 13.5. The van der Waals surface area contributed by atoms with E-state index in [1.165, 1.54) is 72.8 Å². The number of nitrogens with two attached hydrogens (primary N) is 4. The van der Waals surface area contributed by atoms with E-state index in [-0.39, 0.29) is 71.1 Å². The topological polar surface area (TPSA) is 413 Å². The first kappa shape index (κ1) is 54.0. The monoisotopic (exact) mass is 883 g/mol. The van der Waals surface area contributed by atoms with Crippen molar-refractivity contribution in [3.05, 3.63) is 125 Å². The van der Waals surface area contributed by atoms with Gasteiger partial charge in [-0.3, -0.25) is 9.59 Å². The molecule has 5 rings (SSSR count). The van der Waals surface area contributed by atoms with Crippen molar-refractivity contribution < 1.29 is 76.0 Å². The van der Waals surface area contributed by atoms with E-state index in [9.17, 15) is 19.8 Å². The molecule has 0 aliphatic rings. The number of aliphatic hydroxyl groups is 2. The van der Waals surface area contributed by atoms with Gasteiger partial charge in [0, 0.05) is 13.1 Å².